The lowest BCUT2D eigenvalue weighted by molar-refractivity contribution is 0.102. The smallest absolute Gasteiger partial charge is 0.274 e. The molecular weight excluding hydrogens is 381 g/mol. The monoisotopic (exact) mass is 395 g/mol. The summed E-state index contributed by atoms with van der Waals surface area (Å²) in [5, 5.41) is 14.5. The van der Waals surface area contributed by atoms with E-state index in [9.17, 15) is 9.18 Å². The normalized spacial score (nSPS) is 10.8. The van der Waals surface area contributed by atoms with E-state index >= 15 is 0 Å². The van der Waals surface area contributed by atoms with Gasteiger partial charge in [-0.25, -0.2) is 4.39 Å². The number of hydrogen-bond donors (Lipinski definition) is 2. The van der Waals surface area contributed by atoms with Crippen LogP contribution in [0.15, 0.2) is 66.9 Å². The number of halogens is 2. The molecule has 4 aromatic rings. The lowest BCUT2D eigenvalue weighted by Gasteiger charge is -2.02. The van der Waals surface area contributed by atoms with Gasteiger partial charge in [0.05, 0.1) is 12.2 Å². The molecule has 0 saturated heterocycles. The molecule has 0 aliphatic heterocycles. The maximum atomic E-state index is 13.3. The average molecular weight is 396 g/mol. The molecule has 4 rings (SSSR count). The van der Waals surface area contributed by atoms with Gasteiger partial charge in [0.1, 0.15) is 11.5 Å². The van der Waals surface area contributed by atoms with E-state index in [0.29, 0.717) is 28.8 Å². The predicted molar refractivity (Wildman–Crippen MR) is 105 cm³/mol. The van der Waals surface area contributed by atoms with Crippen molar-refractivity contribution in [2.75, 3.05) is 5.32 Å². The molecule has 0 aliphatic carbocycles. The van der Waals surface area contributed by atoms with E-state index in [-0.39, 0.29) is 11.7 Å². The molecule has 0 radical (unpaired) electrons. The average Bonchev–Trinajstić information content (AvgIpc) is 3.32. The lowest BCUT2D eigenvalue weighted by Crippen LogP contribution is -2.13. The van der Waals surface area contributed by atoms with Crippen molar-refractivity contribution in [3.05, 3.63) is 89.0 Å². The Morgan fingerprint density at radius 3 is 2.75 bits per heavy atom. The number of hydrogen-bond acceptors (Lipinski definition) is 3. The molecule has 140 valence electrons. The highest BCUT2D eigenvalue weighted by Crippen LogP contribution is 2.20. The van der Waals surface area contributed by atoms with Crippen LogP contribution in [0.1, 0.15) is 16.1 Å². The molecular formula is C20H15ClFN5O. The number of carbonyl (C=O) groups excluding carboxylic acids is 1. The molecule has 2 aromatic carbocycles. The third kappa shape index (κ3) is 4.10. The molecule has 2 heterocycles. The van der Waals surface area contributed by atoms with Gasteiger partial charge in [0, 0.05) is 22.8 Å². The van der Waals surface area contributed by atoms with Crippen molar-refractivity contribution < 1.29 is 9.18 Å². The maximum absolute atomic E-state index is 13.3. The van der Waals surface area contributed by atoms with Crippen LogP contribution in [0.2, 0.25) is 5.02 Å². The topological polar surface area (TPSA) is 75.6 Å². The second-order valence-electron chi connectivity index (χ2n) is 6.16. The standard InChI is InChI=1S/C20H15ClFN5O/c21-15-6-4-14(5-7-15)17-11-18(25-24-17)20(28)23-19-8-9-27(26-19)12-13-2-1-3-16(22)10-13/h1-11H,12H2,(H,24,25)(H,23,26,28). The summed E-state index contributed by atoms with van der Waals surface area (Å²) in [5.74, 6) is -0.262. The summed E-state index contributed by atoms with van der Waals surface area (Å²) >= 11 is 5.89. The summed E-state index contributed by atoms with van der Waals surface area (Å²) < 4.78 is 14.9. The number of carbonyl (C=O) groups is 1. The fourth-order valence-corrected chi connectivity index (χ4v) is 2.86. The van der Waals surface area contributed by atoms with Gasteiger partial charge in [0.25, 0.3) is 5.91 Å². The van der Waals surface area contributed by atoms with Crippen LogP contribution >= 0.6 is 11.6 Å². The van der Waals surface area contributed by atoms with Crippen LogP contribution in [-0.4, -0.2) is 25.9 Å². The van der Waals surface area contributed by atoms with Crippen molar-refractivity contribution in [1.82, 2.24) is 20.0 Å². The number of benzene rings is 2. The quantitative estimate of drug-likeness (QED) is 0.527. The van der Waals surface area contributed by atoms with Crippen molar-refractivity contribution in [1.29, 1.82) is 0 Å². The lowest BCUT2D eigenvalue weighted by atomic mass is 10.1. The first-order valence-corrected chi connectivity index (χ1v) is 8.85. The van der Waals surface area contributed by atoms with Gasteiger partial charge in [-0.3, -0.25) is 14.6 Å². The zero-order valence-electron chi connectivity index (χ0n) is 14.6. The van der Waals surface area contributed by atoms with Crippen molar-refractivity contribution in [2.45, 2.75) is 6.54 Å². The molecule has 0 atom stereocenters. The van der Waals surface area contributed by atoms with Gasteiger partial charge in [-0.1, -0.05) is 35.9 Å². The molecule has 1 amide bonds. The van der Waals surface area contributed by atoms with Crippen LogP contribution in [0.5, 0.6) is 0 Å². The highest BCUT2D eigenvalue weighted by Gasteiger charge is 2.13. The van der Waals surface area contributed by atoms with Crippen molar-refractivity contribution in [2.24, 2.45) is 0 Å². The van der Waals surface area contributed by atoms with E-state index in [1.165, 1.54) is 12.1 Å². The number of aromatic amines is 1. The summed E-state index contributed by atoms with van der Waals surface area (Å²) in [6, 6.07) is 16.8. The van der Waals surface area contributed by atoms with Gasteiger partial charge in [0.2, 0.25) is 0 Å². The summed E-state index contributed by atoms with van der Waals surface area (Å²) in [7, 11) is 0. The van der Waals surface area contributed by atoms with Gasteiger partial charge in [0.15, 0.2) is 5.82 Å². The first-order valence-electron chi connectivity index (χ1n) is 8.47. The molecule has 6 nitrogen and oxygen atoms in total. The minimum absolute atomic E-state index is 0.297. The summed E-state index contributed by atoms with van der Waals surface area (Å²) in [4.78, 5) is 12.4. The van der Waals surface area contributed by atoms with Gasteiger partial charge in [-0.2, -0.15) is 10.2 Å². The maximum Gasteiger partial charge on any atom is 0.274 e. The highest BCUT2D eigenvalue weighted by atomic mass is 35.5. The third-order valence-corrected chi connectivity index (χ3v) is 4.33. The van der Waals surface area contributed by atoms with Crippen LogP contribution in [-0.2, 0) is 6.54 Å². The van der Waals surface area contributed by atoms with Crippen molar-refractivity contribution >= 4 is 23.3 Å². The number of nitrogens with one attached hydrogen (secondary N) is 2. The van der Waals surface area contributed by atoms with Gasteiger partial charge in [-0.05, 0) is 35.9 Å². The fourth-order valence-electron chi connectivity index (χ4n) is 2.73. The first-order chi connectivity index (χ1) is 13.6. The van der Waals surface area contributed by atoms with E-state index in [1.807, 2.05) is 18.2 Å². The first kappa shape index (κ1) is 17.9. The number of H-pyrrole nitrogens is 1. The van der Waals surface area contributed by atoms with Crippen LogP contribution in [0, 0.1) is 5.82 Å². The zero-order chi connectivity index (χ0) is 19.5. The van der Waals surface area contributed by atoms with Crippen LogP contribution in [0.25, 0.3) is 11.3 Å². The van der Waals surface area contributed by atoms with Crippen LogP contribution in [0.3, 0.4) is 0 Å². The SMILES string of the molecule is O=C(Nc1ccn(Cc2cccc(F)c2)n1)c1cc(-c2ccc(Cl)cc2)n[nH]1. The number of anilines is 1. The molecule has 0 aliphatic rings. The molecule has 0 bridgehead atoms. The van der Waals surface area contributed by atoms with E-state index in [4.69, 9.17) is 11.6 Å². The molecule has 0 fully saturated rings. The highest BCUT2D eigenvalue weighted by molar-refractivity contribution is 6.30. The minimum Gasteiger partial charge on any atom is -0.304 e. The number of amides is 1. The molecule has 2 N–H and O–H groups in total. The second kappa shape index (κ2) is 7.66. The van der Waals surface area contributed by atoms with Crippen molar-refractivity contribution in [3.63, 3.8) is 0 Å². The van der Waals surface area contributed by atoms with Crippen LogP contribution < -0.4 is 5.32 Å². The summed E-state index contributed by atoms with van der Waals surface area (Å²) in [6.07, 6.45) is 1.71. The molecule has 2 aromatic heterocycles. The molecule has 28 heavy (non-hydrogen) atoms. The number of nitrogens with zero attached hydrogens (tertiary/aromatic N) is 3. The molecule has 0 unspecified atom stereocenters. The summed E-state index contributed by atoms with van der Waals surface area (Å²) in [5.41, 5.74) is 2.57. The van der Waals surface area contributed by atoms with E-state index < -0.39 is 0 Å². The fraction of sp³-hybridized carbons (Fsp3) is 0.0500. The Morgan fingerprint density at radius 2 is 1.96 bits per heavy atom. The summed E-state index contributed by atoms with van der Waals surface area (Å²) in [6.45, 7) is 0.401. The Hall–Kier alpha value is -3.45. The number of rotatable bonds is 5. The van der Waals surface area contributed by atoms with Gasteiger partial charge in [-0.15, -0.1) is 0 Å². The molecule has 0 spiro atoms. The Kier molecular flexibility index (Phi) is 4.90. The van der Waals surface area contributed by atoms with Gasteiger partial charge < -0.3 is 5.32 Å². The largest absolute Gasteiger partial charge is 0.304 e. The third-order valence-electron chi connectivity index (χ3n) is 4.08. The number of aromatic nitrogens is 4. The van der Waals surface area contributed by atoms with E-state index in [1.54, 1.807) is 41.2 Å². The van der Waals surface area contributed by atoms with Crippen molar-refractivity contribution in [3.8, 4) is 11.3 Å². The Bertz CT molecular complexity index is 1120. The van der Waals surface area contributed by atoms with E-state index in [0.717, 1.165) is 11.1 Å². The second-order valence-corrected chi connectivity index (χ2v) is 6.59. The minimum atomic E-state index is -0.358. The molecule has 8 heteroatoms. The van der Waals surface area contributed by atoms with Gasteiger partial charge >= 0.3 is 0 Å². The molecule has 0 saturated carbocycles. The van der Waals surface area contributed by atoms with Crippen LogP contribution in [0.4, 0.5) is 10.2 Å². The zero-order valence-corrected chi connectivity index (χ0v) is 15.3. The predicted octanol–water partition coefficient (Wildman–Crippen LogP) is 4.37. The Balaban J connectivity index is 1.43. The Labute approximate surface area is 165 Å². The van der Waals surface area contributed by atoms with E-state index in [2.05, 4.69) is 20.6 Å². The Morgan fingerprint density at radius 1 is 1.14 bits per heavy atom.